The lowest BCUT2D eigenvalue weighted by Gasteiger charge is -2.22. The molecule has 0 aromatic heterocycles. The minimum atomic E-state index is -0.449. The second-order valence-corrected chi connectivity index (χ2v) is 6.12. The Morgan fingerprint density at radius 3 is 2.40 bits per heavy atom. The van der Waals surface area contributed by atoms with E-state index in [1.165, 1.54) is 4.90 Å². The summed E-state index contributed by atoms with van der Waals surface area (Å²) in [7, 11) is 0. The van der Waals surface area contributed by atoms with E-state index in [2.05, 4.69) is 0 Å². The van der Waals surface area contributed by atoms with Crippen LogP contribution in [0.2, 0.25) is 0 Å². The summed E-state index contributed by atoms with van der Waals surface area (Å²) < 4.78 is 0. The Labute approximate surface area is 118 Å². The highest BCUT2D eigenvalue weighted by atomic mass is 16.3. The van der Waals surface area contributed by atoms with Crippen LogP contribution in [0.1, 0.15) is 43.2 Å². The summed E-state index contributed by atoms with van der Waals surface area (Å²) in [5.41, 5.74) is 1.61. The maximum Gasteiger partial charge on any atom is 0.240 e. The van der Waals surface area contributed by atoms with Gasteiger partial charge in [-0.05, 0) is 49.9 Å². The molecule has 1 aromatic carbocycles. The number of carbonyl (C=O) groups excluding carboxylic acids is 2. The van der Waals surface area contributed by atoms with Crippen molar-refractivity contribution in [2.24, 2.45) is 5.41 Å². The number of hydrogen-bond acceptors (Lipinski definition) is 3. The summed E-state index contributed by atoms with van der Waals surface area (Å²) in [6.45, 7) is 3.59. The van der Waals surface area contributed by atoms with E-state index < -0.39 is 5.41 Å². The number of phenols is 1. The van der Waals surface area contributed by atoms with Crippen LogP contribution in [0.4, 0.5) is 5.69 Å². The Morgan fingerprint density at radius 1 is 1.10 bits per heavy atom. The molecule has 1 aromatic rings. The van der Waals surface area contributed by atoms with Crippen LogP contribution in [-0.2, 0) is 9.59 Å². The molecule has 1 aliphatic carbocycles. The van der Waals surface area contributed by atoms with E-state index >= 15 is 0 Å². The van der Waals surface area contributed by atoms with Gasteiger partial charge >= 0.3 is 0 Å². The number of imide groups is 1. The van der Waals surface area contributed by atoms with Gasteiger partial charge in [0.05, 0.1) is 11.1 Å². The number of carbonyl (C=O) groups is 2. The number of benzene rings is 1. The van der Waals surface area contributed by atoms with Gasteiger partial charge in [0.15, 0.2) is 0 Å². The SMILES string of the molecule is Cc1cc(N2C(=O)CC3(CCCC3)C2=O)c(C)cc1O. The molecule has 4 nitrogen and oxygen atoms in total. The first-order valence-electron chi connectivity index (χ1n) is 7.12. The number of anilines is 1. The van der Waals surface area contributed by atoms with Gasteiger partial charge in [-0.1, -0.05) is 12.8 Å². The van der Waals surface area contributed by atoms with Crippen LogP contribution in [0.3, 0.4) is 0 Å². The molecule has 0 unspecified atom stereocenters. The molecule has 106 valence electrons. The zero-order valence-corrected chi connectivity index (χ0v) is 11.9. The van der Waals surface area contributed by atoms with Gasteiger partial charge < -0.3 is 5.11 Å². The van der Waals surface area contributed by atoms with E-state index in [9.17, 15) is 14.7 Å². The van der Waals surface area contributed by atoms with Crippen molar-refractivity contribution in [3.05, 3.63) is 23.3 Å². The molecular weight excluding hydrogens is 254 g/mol. The minimum Gasteiger partial charge on any atom is -0.508 e. The van der Waals surface area contributed by atoms with Crippen molar-refractivity contribution < 1.29 is 14.7 Å². The molecule has 1 spiro atoms. The third-order valence-corrected chi connectivity index (χ3v) is 4.71. The number of aromatic hydroxyl groups is 1. The first-order chi connectivity index (χ1) is 9.44. The second kappa shape index (κ2) is 4.33. The van der Waals surface area contributed by atoms with Gasteiger partial charge in [-0.2, -0.15) is 0 Å². The summed E-state index contributed by atoms with van der Waals surface area (Å²) in [6, 6.07) is 3.35. The van der Waals surface area contributed by atoms with E-state index in [0.717, 1.165) is 31.2 Å². The number of nitrogens with zero attached hydrogens (tertiary/aromatic N) is 1. The molecule has 1 saturated carbocycles. The van der Waals surface area contributed by atoms with Crippen LogP contribution in [-0.4, -0.2) is 16.9 Å². The summed E-state index contributed by atoms with van der Waals surface area (Å²) >= 11 is 0. The van der Waals surface area contributed by atoms with Crippen molar-refractivity contribution >= 4 is 17.5 Å². The van der Waals surface area contributed by atoms with E-state index in [1.807, 2.05) is 6.92 Å². The molecular formula is C16H19NO3. The molecule has 1 N–H and O–H groups in total. The van der Waals surface area contributed by atoms with Gasteiger partial charge in [-0.3, -0.25) is 9.59 Å². The Morgan fingerprint density at radius 2 is 1.75 bits per heavy atom. The predicted molar refractivity (Wildman–Crippen MR) is 75.6 cm³/mol. The van der Waals surface area contributed by atoms with Gasteiger partial charge in [-0.25, -0.2) is 4.90 Å². The normalized spacial score (nSPS) is 21.2. The fraction of sp³-hybridized carbons (Fsp3) is 0.500. The molecule has 20 heavy (non-hydrogen) atoms. The quantitative estimate of drug-likeness (QED) is 0.800. The van der Waals surface area contributed by atoms with Crippen LogP contribution < -0.4 is 4.90 Å². The van der Waals surface area contributed by atoms with Gasteiger partial charge in [0, 0.05) is 6.42 Å². The van der Waals surface area contributed by atoms with E-state index in [-0.39, 0.29) is 17.6 Å². The fourth-order valence-electron chi connectivity index (χ4n) is 3.51. The van der Waals surface area contributed by atoms with Crippen molar-refractivity contribution in [1.29, 1.82) is 0 Å². The molecule has 1 aliphatic heterocycles. The Bertz CT molecular complexity index is 600. The van der Waals surface area contributed by atoms with E-state index in [1.54, 1.807) is 19.1 Å². The van der Waals surface area contributed by atoms with E-state index in [4.69, 9.17) is 0 Å². The maximum atomic E-state index is 12.7. The number of aryl methyl sites for hydroxylation is 2. The van der Waals surface area contributed by atoms with Gasteiger partial charge in [-0.15, -0.1) is 0 Å². The van der Waals surface area contributed by atoms with Crippen LogP contribution in [0.15, 0.2) is 12.1 Å². The Balaban J connectivity index is 2.04. The largest absolute Gasteiger partial charge is 0.508 e. The summed E-state index contributed by atoms with van der Waals surface area (Å²) in [5, 5.41) is 9.72. The highest BCUT2D eigenvalue weighted by Crippen LogP contribution is 2.48. The summed E-state index contributed by atoms with van der Waals surface area (Å²) in [5.74, 6) is 0.0409. The molecule has 0 radical (unpaired) electrons. The lowest BCUT2D eigenvalue weighted by Crippen LogP contribution is -2.34. The first-order valence-corrected chi connectivity index (χ1v) is 7.12. The second-order valence-electron chi connectivity index (χ2n) is 6.12. The van der Waals surface area contributed by atoms with Crippen molar-refractivity contribution in [3.63, 3.8) is 0 Å². The van der Waals surface area contributed by atoms with Crippen molar-refractivity contribution in [2.75, 3.05) is 4.90 Å². The highest BCUT2D eigenvalue weighted by Gasteiger charge is 2.53. The standard InChI is InChI=1S/C16H19NO3/c1-10-8-13(18)11(2)7-12(10)17-14(19)9-16(15(17)20)5-3-4-6-16/h7-8,18H,3-6,9H2,1-2H3. The zero-order valence-electron chi connectivity index (χ0n) is 11.9. The van der Waals surface area contributed by atoms with Crippen LogP contribution in [0.25, 0.3) is 0 Å². The van der Waals surface area contributed by atoms with Crippen LogP contribution >= 0.6 is 0 Å². The molecule has 1 saturated heterocycles. The molecule has 1 heterocycles. The number of hydrogen-bond donors (Lipinski definition) is 1. The minimum absolute atomic E-state index is 0.0480. The molecule has 4 heteroatoms. The third kappa shape index (κ3) is 1.74. The molecule has 0 atom stereocenters. The summed E-state index contributed by atoms with van der Waals surface area (Å²) in [4.78, 5) is 26.4. The topological polar surface area (TPSA) is 57.6 Å². The zero-order chi connectivity index (χ0) is 14.5. The summed E-state index contributed by atoms with van der Waals surface area (Å²) in [6.07, 6.45) is 4.04. The van der Waals surface area contributed by atoms with Crippen molar-refractivity contribution in [2.45, 2.75) is 46.0 Å². The lowest BCUT2D eigenvalue weighted by molar-refractivity contribution is -0.125. The van der Waals surface area contributed by atoms with Gasteiger partial charge in [0.25, 0.3) is 0 Å². The van der Waals surface area contributed by atoms with Crippen LogP contribution in [0.5, 0.6) is 5.75 Å². The maximum absolute atomic E-state index is 12.7. The number of amides is 2. The lowest BCUT2D eigenvalue weighted by atomic mass is 9.84. The predicted octanol–water partition coefficient (Wildman–Crippen LogP) is 2.83. The van der Waals surface area contributed by atoms with Gasteiger partial charge in [0.1, 0.15) is 5.75 Å². The fourth-order valence-corrected chi connectivity index (χ4v) is 3.51. The molecule has 0 bridgehead atoms. The average molecular weight is 273 g/mol. The van der Waals surface area contributed by atoms with Crippen LogP contribution in [0, 0.1) is 19.3 Å². The number of phenolic OH excluding ortho intramolecular Hbond substituents is 1. The molecule has 2 fully saturated rings. The monoisotopic (exact) mass is 273 g/mol. The first kappa shape index (κ1) is 13.2. The Kier molecular flexibility index (Phi) is 2.85. The average Bonchev–Trinajstić information content (AvgIpc) is 2.93. The molecule has 2 amide bonds. The smallest absolute Gasteiger partial charge is 0.240 e. The van der Waals surface area contributed by atoms with Gasteiger partial charge in [0.2, 0.25) is 11.8 Å². The molecule has 3 rings (SSSR count). The molecule has 2 aliphatic rings. The number of rotatable bonds is 1. The van der Waals surface area contributed by atoms with E-state index in [0.29, 0.717) is 17.7 Å². The van der Waals surface area contributed by atoms with Crippen molar-refractivity contribution in [3.8, 4) is 5.75 Å². The highest BCUT2D eigenvalue weighted by molar-refractivity contribution is 6.23. The third-order valence-electron chi connectivity index (χ3n) is 4.71. The Hall–Kier alpha value is -1.84. The van der Waals surface area contributed by atoms with Crippen molar-refractivity contribution in [1.82, 2.24) is 0 Å².